The molecule has 0 saturated heterocycles. The Kier molecular flexibility index (Phi) is 7.80. The van der Waals surface area contributed by atoms with Crippen LogP contribution in [-0.4, -0.2) is 39.2 Å². The summed E-state index contributed by atoms with van der Waals surface area (Å²) in [6.45, 7) is 4.97. The van der Waals surface area contributed by atoms with Crippen LogP contribution in [0.4, 0.5) is 4.39 Å². The second kappa shape index (κ2) is 9.84. The second-order valence-electron chi connectivity index (χ2n) is 6.29. The molecule has 0 bridgehead atoms. The smallest absolute Gasteiger partial charge is 0.194 e. The fourth-order valence-corrected chi connectivity index (χ4v) is 3.04. The summed E-state index contributed by atoms with van der Waals surface area (Å²) in [5.74, 6) is 2.57. The summed E-state index contributed by atoms with van der Waals surface area (Å²) in [5.41, 5.74) is 1.04. The topological polar surface area (TPSA) is 58.3 Å². The highest BCUT2D eigenvalue weighted by molar-refractivity contribution is 14.0. The Morgan fingerprint density at radius 2 is 2.04 bits per heavy atom. The van der Waals surface area contributed by atoms with Crippen molar-refractivity contribution in [2.24, 2.45) is 4.99 Å². The van der Waals surface area contributed by atoms with Gasteiger partial charge in [0.1, 0.15) is 18.2 Å². The molecule has 0 unspecified atom stereocenters. The van der Waals surface area contributed by atoms with Gasteiger partial charge in [-0.2, -0.15) is 0 Å². The van der Waals surface area contributed by atoms with Gasteiger partial charge in [0.2, 0.25) is 0 Å². The zero-order chi connectivity index (χ0) is 17.6. The highest BCUT2D eigenvalue weighted by atomic mass is 127. The number of nitrogens with zero attached hydrogens (tertiary/aromatic N) is 5. The van der Waals surface area contributed by atoms with Gasteiger partial charge in [-0.3, -0.25) is 0 Å². The lowest BCUT2D eigenvalue weighted by molar-refractivity contribution is 0.473. The Hall–Kier alpha value is -1.71. The van der Waals surface area contributed by atoms with Crippen molar-refractivity contribution in [3.05, 3.63) is 47.3 Å². The predicted octanol–water partition coefficient (Wildman–Crippen LogP) is 2.97. The van der Waals surface area contributed by atoms with Gasteiger partial charge in [-0.1, -0.05) is 12.1 Å². The summed E-state index contributed by atoms with van der Waals surface area (Å²) < 4.78 is 15.2. The molecule has 26 heavy (non-hydrogen) atoms. The SMILES string of the molecule is CCNC(=NCc1nnc2n1CCCC2)N(C)Cc1ccc(F)cc1.I. The maximum absolute atomic E-state index is 13.1. The minimum atomic E-state index is -0.219. The molecule has 142 valence electrons. The van der Waals surface area contributed by atoms with Crippen LogP contribution in [0.25, 0.3) is 0 Å². The maximum Gasteiger partial charge on any atom is 0.194 e. The lowest BCUT2D eigenvalue weighted by atomic mass is 10.2. The zero-order valence-electron chi connectivity index (χ0n) is 15.3. The summed E-state index contributed by atoms with van der Waals surface area (Å²) in [5, 5.41) is 11.9. The van der Waals surface area contributed by atoms with Crippen molar-refractivity contribution in [1.29, 1.82) is 0 Å². The van der Waals surface area contributed by atoms with Crippen LogP contribution in [0, 0.1) is 5.82 Å². The van der Waals surface area contributed by atoms with Crippen molar-refractivity contribution < 1.29 is 4.39 Å². The molecule has 8 heteroatoms. The van der Waals surface area contributed by atoms with Gasteiger partial charge in [0.25, 0.3) is 0 Å². The third-order valence-corrected chi connectivity index (χ3v) is 4.34. The van der Waals surface area contributed by atoms with Crippen LogP contribution in [-0.2, 0) is 26.1 Å². The van der Waals surface area contributed by atoms with Crippen molar-refractivity contribution >= 4 is 29.9 Å². The van der Waals surface area contributed by atoms with Crippen molar-refractivity contribution in [2.45, 2.75) is 45.8 Å². The van der Waals surface area contributed by atoms with Crippen molar-refractivity contribution in [3.8, 4) is 0 Å². The minimum Gasteiger partial charge on any atom is -0.357 e. The van der Waals surface area contributed by atoms with Crippen LogP contribution in [0.2, 0.25) is 0 Å². The number of benzene rings is 1. The van der Waals surface area contributed by atoms with E-state index in [1.807, 2.05) is 18.9 Å². The molecule has 0 amide bonds. The molecule has 0 saturated carbocycles. The molecular weight excluding hydrogens is 446 g/mol. The van der Waals surface area contributed by atoms with Crippen LogP contribution < -0.4 is 5.32 Å². The first-order valence-corrected chi connectivity index (χ1v) is 8.82. The largest absolute Gasteiger partial charge is 0.357 e. The molecule has 1 aromatic carbocycles. The minimum absolute atomic E-state index is 0. The molecule has 0 aliphatic carbocycles. The molecule has 0 fully saturated rings. The number of nitrogens with one attached hydrogen (secondary N) is 1. The third-order valence-electron chi connectivity index (χ3n) is 4.34. The van der Waals surface area contributed by atoms with E-state index in [-0.39, 0.29) is 29.8 Å². The third kappa shape index (κ3) is 5.15. The number of rotatable bonds is 5. The number of hydrogen-bond acceptors (Lipinski definition) is 3. The van der Waals surface area contributed by atoms with Gasteiger partial charge in [-0.05, 0) is 37.5 Å². The van der Waals surface area contributed by atoms with Crippen LogP contribution in [0.15, 0.2) is 29.3 Å². The summed E-state index contributed by atoms with van der Waals surface area (Å²) in [7, 11) is 1.98. The molecular formula is C18H26FIN6. The number of hydrogen-bond donors (Lipinski definition) is 1. The lowest BCUT2D eigenvalue weighted by Crippen LogP contribution is -2.38. The van der Waals surface area contributed by atoms with Gasteiger partial charge in [-0.15, -0.1) is 34.2 Å². The van der Waals surface area contributed by atoms with E-state index in [1.54, 1.807) is 12.1 Å². The molecule has 0 radical (unpaired) electrons. The predicted molar refractivity (Wildman–Crippen MR) is 111 cm³/mol. The molecule has 1 N–H and O–H groups in total. The molecule has 3 rings (SSSR count). The molecule has 6 nitrogen and oxygen atoms in total. The van der Waals surface area contributed by atoms with Gasteiger partial charge >= 0.3 is 0 Å². The normalized spacial score (nSPS) is 13.7. The Labute approximate surface area is 170 Å². The van der Waals surface area contributed by atoms with E-state index in [1.165, 1.54) is 25.0 Å². The van der Waals surface area contributed by atoms with Gasteiger partial charge in [-0.25, -0.2) is 9.38 Å². The number of aliphatic imine (C=N–C) groups is 1. The van der Waals surface area contributed by atoms with Crippen LogP contribution in [0.1, 0.15) is 37.0 Å². The molecule has 0 spiro atoms. The van der Waals surface area contributed by atoms with Gasteiger partial charge in [0.15, 0.2) is 11.8 Å². The Balaban J connectivity index is 0.00000243. The van der Waals surface area contributed by atoms with Crippen molar-refractivity contribution in [3.63, 3.8) is 0 Å². The Bertz CT molecular complexity index is 728. The van der Waals surface area contributed by atoms with E-state index in [0.717, 1.165) is 42.7 Å². The van der Waals surface area contributed by atoms with Gasteiger partial charge in [0.05, 0.1) is 0 Å². The van der Waals surface area contributed by atoms with E-state index in [0.29, 0.717) is 13.1 Å². The standard InChI is InChI=1S/C18H25FN6.HI/c1-3-20-18(24(2)13-14-7-9-15(19)10-8-14)21-12-17-23-22-16-6-4-5-11-25(16)17;/h7-10H,3-6,11-13H2,1-2H3,(H,20,21);1H. The van der Waals surface area contributed by atoms with Crippen molar-refractivity contribution in [1.82, 2.24) is 25.0 Å². The molecule has 2 heterocycles. The average molecular weight is 472 g/mol. The molecule has 1 aliphatic heterocycles. The quantitative estimate of drug-likeness (QED) is 0.413. The number of fused-ring (bicyclic) bond motifs is 1. The Morgan fingerprint density at radius 1 is 1.27 bits per heavy atom. The van der Waals surface area contributed by atoms with E-state index in [4.69, 9.17) is 4.99 Å². The fourth-order valence-electron chi connectivity index (χ4n) is 3.04. The lowest BCUT2D eigenvalue weighted by Gasteiger charge is -2.22. The monoisotopic (exact) mass is 472 g/mol. The van der Waals surface area contributed by atoms with E-state index >= 15 is 0 Å². The van der Waals surface area contributed by atoms with Gasteiger partial charge in [0, 0.05) is 33.1 Å². The molecule has 2 aromatic rings. The first kappa shape index (κ1) is 20.6. The first-order valence-electron chi connectivity index (χ1n) is 8.82. The summed E-state index contributed by atoms with van der Waals surface area (Å²) in [6, 6.07) is 6.56. The van der Waals surface area contributed by atoms with E-state index in [9.17, 15) is 4.39 Å². The number of guanidine groups is 1. The molecule has 1 aromatic heterocycles. The van der Waals surface area contributed by atoms with Crippen LogP contribution >= 0.6 is 24.0 Å². The summed E-state index contributed by atoms with van der Waals surface area (Å²) >= 11 is 0. The first-order chi connectivity index (χ1) is 12.2. The summed E-state index contributed by atoms with van der Waals surface area (Å²) in [4.78, 5) is 6.74. The maximum atomic E-state index is 13.1. The zero-order valence-corrected chi connectivity index (χ0v) is 17.6. The van der Waals surface area contributed by atoms with Crippen molar-refractivity contribution in [2.75, 3.05) is 13.6 Å². The van der Waals surface area contributed by atoms with Crippen LogP contribution in [0.5, 0.6) is 0 Å². The number of aryl methyl sites for hydroxylation is 1. The van der Waals surface area contributed by atoms with E-state index in [2.05, 4.69) is 20.1 Å². The highest BCUT2D eigenvalue weighted by Gasteiger charge is 2.15. The highest BCUT2D eigenvalue weighted by Crippen LogP contribution is 2.15. The van der Waals surface area contributed by atoms with Gasteiger partial charge < -0.3 is 14.8 Å². The Morgan fingerprint density at radius 3 is 2.77 bits per heavy atom. The molecule has 0 atom stereocenters. The second-order valence-corrected chi connectivity index (χ2v) is 6.29. The fraction of sp³-hybridized carbons (Fsp3) is 0.500. The number of halogens is 2. The average Bonchev–Trinajstić information content (AvgIpc) is 3.04. The molecule has 1 aliphatic rings. The van der Waals surface area contributed by atoms with Crippen LogP contribution in [0.3, 0.4) is 0 Å². The van der Waals surface area contributed by atoms with E-state index < -0.39 is 0 Å². The summed E-state index contributed by atoms with van der Waals surface area (Å²) in [6.07, 6.45) is 3.36. The number of aromatic nitrogens is 3.